The second kappa shape index (κ2) is 7.72. The molecule has 0 radical (unpaired) electrons. The van der Waals surface area contributed by atoms with Crippen LogP contribution < -0.4 is 10.5 Å². The molecule has 0 aliphatic carbocycles. The molecule has 1 aliphatic rings. The van der Waals surface area contributed by atoms with E-state index in [-0.39, 0.29) is 25.9 Å². The van der Waals surface area contributed by atoms with Crippen LogP contribution >= 0.6 is 0 Å². The SMILES string of the molecule is NS(=O)(=O)N1CCC=C(CCC(=O)Nc2c(O)ccc(C(=O)O)c2O)C1. The van der Waals surface area contributed by atoms with E-state index < -0.39 is 44.8 Å². The number of phenolic OH excluding ortho intramolecular Hbond substituents is 1. The molecule has 1 aliphatic heterocycles. The number of amides is 1. The van der Waals surface area contributed by atoms with Gasteiger partial charge < -0.3 is 20.6 Å². The summed E-state index contributed by atoms with van der Waals surface area (Å²) < 4.78 is 23.8. The Labute approximate surface area is 149 Å². The van der Waals surface area contributed by atoms with Gasteiger partial charge in [0.2, 0.25) is 5.91 Å². The number of carboxylic acid groups (broad SMARTS) is 1. The Morgan fingerprint density at radius 1 is 1.27 bits per heavy atom. The van der Waals surface area contributed by atoms with Crippen LogP contribution in [0.2, 0.25) is 0 Å². The zero-order chi connectivity index (χ0) is 19.5. The summed E-state index contributed by atoms with van der Waals surface area (Å²) in [6, 6.07) is 2.06. The van der Waals surface area contributed by atoms with Gasteiger partial charge in [-0.25, -0.2) is 9.93 Å². The third kappa shape index (κ3) is 4.71. The number of rotatable bonds is 6. The third-order valence-electron chi connectivity index (χ3n) is 3.87. The maximum Gasteiger partial charge on any atom is 0.339 e. The highest BCUT2D eigenvalue weighted by molar-refractivity contribution is 7.86. The molecule has 0 aromatic heterocycles. The summed E-state index contributed by atoms with van der Waals surface area (Å²) in [5, 5.41) is 35.9. The monoisotopic (exact) mass is 385 g/mol. The van der Waals surface area contributed by atoms with Gasteiger partial charge in [0, 0.05) is 19.5 Å². The van der Waals surface area contributed by atoms with Crippen molar-refractivity contribution in [2.45, 2.75) is 19.3 Å². The second-order valence-electron chi connectivity index (χ2n) is 5.74. The summed E-state index contributed by atoms with van der Waals surface area (Å²) >= 11 is 0. The van der Waals surface area contributed by atoms with Crippen LogP contribution in [-0.2, 0) is 15.0 Å². The van der Waals surface area contributed by atoms with Gasteiger partial charge in [0.25, 0.3) is 10.2 Å². The van der Waals surface area contributed by atoms with Gasteiger partial charge in [0.15, 0.2) is 5.75 Å². The van der Waals surface area contributed by atoms with Gasteiger partial charge in [-0.05, 0) is 25.0 Å². The summed E-state index contributed by atoms with van der Waals surface area (Å²) in [5.74, 6) is -3.21. The quantitative estimate of drug-likeness (QED) is 0.347. The van der Waals surface area contributed by atoms with Crippen LogP contribution in [0.15, 0.2) is 23.8 Å². The number of nitrogens with zero attached hydrogens (tertiary/aromatic N) is 1. The summed E-state index contributed by atoms with van der Waals surface area (Å²) in [5.41, 5.74) is -0.135. The van der Waals surface area contributed by atoms with E-state index in [0.29, 0.717) is 12.0 Å². The number of carbonyl (C=O) groups is 2. The number of hydrogen-bond acceptors (Lipinski definition) is 6. The molecule has 0 saturated carbocycles. The first-order chi connectivity index (χ1) is 12.1. The molecule has 0 spiro atoms. The van der Waals surface area contributed by atoms with Gasteiger partial charge in [0.05, 0.1) is 0 Å². The lowest BCUT2D eigenvalue weighted by molar-refractivity contribution is -0.116. The smallest absolute Gasteiger partial charge is 0.339 e. The van der Waals surface area contributed by atoms with E-state index in [1.165, 1.54) is 0 Å². The number of hydrogen-bond donors (Lipinski definition) is 5. The zero-order valence-electron chi connectivity index (χ0n) is 13.7. The molecule has 26 heavy (non-hydrogen) atoms. The molecule has 6 N–H and O–H groups in total. The highest BCUT2D eigenvalue weighted by Crippen LogP contribution is 2.36. The van der Waals surface area contributed by atoms with Crippen molar-refractivity contribution in [3.63, 3.8) is 0 Å². The lowest BCUT2D eigenvalue weighted by atomic mass is 10.1. The van der Waals surface area contributed by atoms with Crippen LogP contribution in [0.3, 0.4) is 0 Å². The third-order valence-corrected chi connectivity index (χ3v) is 4.91. The molecule has 0 bridgehead atoms. The average Bonchev–Trinajstić information content (AvgIpc) is 2.56. The molecule has 1 aromatic carbocycles. The predicted octanol–water partition coefficient (Wildman–Crippen LogP) is 0.350. The maximum atomic E-state index is 12.1. The molecule has 0 fully saturated rings. The molecule has 0 atom stereocenters. The Kier molecular flexibility index (Phi) is 5.85. The number of nitrogens with one attached hydrogen (secondary N) is 1. The number of benzene rings is 1. The van der Waals surface area contributed by atoms with Crippen molar-refractivity contribution in [3.05, 3.63) is 29.3 Å². The second-order valence-corrected chi connectivity index (χ2v) is 7.29. The molecule has 1 amide bonds. The Bertz CT molecular complexity index is 864. The number of nitrogens with two attached hydrogens (primary N) is 1. The Hall–Kier alpha value is -2.63. The van der Waals surface area contributed by atoms with Crippen LogP contribution in [0.1, 0.15) is 29.6 Å². The first-order valence-corrected chi connectivity index (χ1v) is 9.13. The molecule has 10 nitrogen and oxygen atoms in total. The summed E-state index contributed by atoms with van der Waals surface area (Å²) in [6.45, 7) is 0.370. The van der Waals surface area contributed by atoms with Crippen molar-refractivity contribution >= 4 is 27.8 Å². The standard InChI is InChI=1S/C15H19N3O7S/c16-26(24,25)18-7-1-2-9(8-18)3-6-12(20)17-13-11(19)5-4-10(14(13)21)15(22)23/h2,4-5,19,21H,1,3,6-8H2,(H,17,20)(H,22,23)(H2,16,24,25). The molecule has 0 saturated heterocycles. The average molecular weight is 385 g/mol. The van der Waals surface area contributed by atoms with E-state index in [1.54, 1.807) is 0 Å². The van der Waals surface area contributed by atoms with Crippen molar-refractivity contribution < 1.29 is 33.3 Å². The fraction of sp³-hybridized carbons (Fsp3) is 0.333. The number of aromatic hydroxyl groups is 2. The molecule has 0 unspecified atom stereocenters. The van der Waals surface area contributed by atoms with E-state index in [1.807, 2.05) is 6.08 Å². The van der Waals surface area contributed by atoms with E-state index in [4.69, 9.17) is 10.2 Å². The minimum Gasteiger partial charge on any atom is -0.506 e. The zero-order valence-corrected chi connectivity index (χ0v) is 14.5. The van der Waals surface area contributed by atoms with E-state index >= 15 is 0 Å². The molecule has 1 aromatic rings. The predicted molar refractivity (Wildman–Crippen MR) is 92.0 cm³/mol. The summed E-state index contributed by atoms with van der Waals surface area (Å²) in [7, 11) is -3.80. The molecule has 142 valence electrons. The van der Waals surface area contributed by atoms with Crippen molar-refractivity contribution in [3.8, 4) is 11.5 Å². The van der Waals surface area contributed by atoms with Crippen LogP contribution in [0.5, 0.6) is 11.5 Å². The number of carbonyl (C=O) groups excluding carboxylic acids is 1. The van der Waals surface area contributed by atoms with Crippen molar-refractivity contribution in [2.24, 2.45) is 5.14 Å². The molecule has 1 heterocycles. The topological polar surface area (TPSA) is 170 Å². The highest BCUT2D eigenvalue weighted by atomic mass is 32.2. The highest BCUT2D eigenvalue weighted by Gasteiger charge is 2.22. The van der Waals surface area contributed by atoms with Crippen LogP contribution in [0, 0.1) is 0 Å². The van der Waals surface area contributed by atoms with Crippen LogP contribution in [0.4, 0.5) is 5.69 Å². The first-order valence-electron chi connectivity index (χ1n) is 7.63. The van der Waals surface area contributed by atoms with Crippen LogP contribution in [0.25, 0.3) is 0 Å². The Balaban J connectivity index is 2.01. The van der Waals surface area contributed by atoms with Gasteiger partial charge in [-0.15, -0.1) is 0 Å². The molecular weight excluding hydrogens is 366 g/mol. The van der Waals surface area contributed by atoms with Crippen molar-refractivity contribution in [1.29, 1.82) is 0 Å². The Morgan fingerprint density at radius 3 is 2.58 bits per heavy atom. The first kappa shape index (κ1) is 19.7. The minimum absolute atomic E-state index is 0.0551. The lowest BCUT2D eigenvalue weighted by Crippen LogP contribution is -2.40. The fourth-order valence-corrected chi connectivity index (χ4v) is 3.24. The maximum absolute atomic E-state index is 12.1. The number of phenols is 2. The van der Waals surface area contributed by atoms with E-state index in [9.17, 15) is 28.2 Å². The number of anilines is 1. The van der Waals surface area contributed by atoms with Crippen molar-refractivity contribution in [1.82, 2.24) is 4.31 Å². The van der Waals surface area contributed by atoms with E-state index in [0.717, 1.165) is 16.4 Å². The minimum atomic E-state index is -3.80. The summed E-state index contributed by atoms with van der Waals surface area (Å²) in [4.78, 5) is 23.0. The van der Waals surface area contributed by atoms with Gasteiger partial charge in [-0.1, -0.05) is 11.6 Å². The normalized spacial score (nSPS) is 15.3. The molecular formula is C15H19N3O7S. The molecule has 11 heteroatoms. The van der Waals surface area contributed by atoms with Crippen LogP contribution in [-0.4, -0.2) is 53.0 Å². The van der Waals surface area contributed by atoms with Gasteiger partial charge in [-0.3, -0.25) is 4.79 Å². The van der Waals surface area contributed by atoms with E-state index in [2.05, 4.69) is 5.32 Å². The molecule has 2 rings (SSSR count). The largest absolute Gasteiger partial charge is 0.506 e. The fourth-order valence-electron chi connectivity index (χ4n) is 2.53. The van der Waals surface area contributed by atoms with Gasteiger partial charge in [-0.2, -0.15) is 12.7 Å². The lowest BCUT2D eigenvalue weighted by Gasteiger charge is -2.24. The van der Waals surface area contributed by atoms with Crippen molar-refractivity contribution in [2.75, 3.05) is 18.4 Å². The summed E-state index contributed by atoms with van der Waals surface area (Å²) in [6.07, 6.45) is 2.50. The van der Waals surface area contributed by atoms with Gasteiger partial charge >= 0.3 is 5.97 Å². The number of aromatic carboxylic acids is 1. The van der Waals surface area contributed by atoms with Gasteiger partial charge in [0.1, 0.15) is 17.0 Å². The number of carboxylic acids is 1. The Morgan fingerprint density at radius 2 is 1.96 bits per heavy atom.